The van der Waals surface area contributed by atoms with Gasteiger partial charge in [-0.1, -0.05) is 34.1 Å². The van der Waals surface area contributed by atoms with Crippen LogP contribution in [0.5, 0.6) is 0 Å². The molecule has 0 aliphatic rings. The third-order valence-electron chi connectivity index (χ3n) is 9.68. The number of rotatable bonds is 30. The van der Waals surface area contributed by atoms with Gasteiger partial charge in [0.05, 0.1) is 24.9 Å². The minimum Gasteiger partial charge on any atom is -0.481 e. The second-order valence-electron chi connectivity index (χ2n) is 15.7. The molecule has 6 amide bonds. The molecule has 0 bridgehead atoms. The molecular formula is C38H67N15O11. The van der Waals surface area contributed by atoms with Crippen LogP contribution in [0.1, 0.15) is 85.3 Å². The van der Waals surface area contributed by atoms with Crippen LogP contribution in [0, 0.1) is 11.8 Å². The molecule has 0 aliphatic carbocycles. The maximum atomic E-state index is 14.1. The fraction of sp³-hybridized carbons (Fsp3) is 0.658. The summed E-state index contributed by atoms with van der Waals surface area (Å²) in [6.07, 6.45) is 0.826. The van der Waals surface area contributed by atoms with Crippen LogP contribution < -0.4 is 60.6 Å². The number of carboxylic acid groups (broad SMARTS) is 2. The largest absolute Gasteiger partial charge is 0.481 e. The van der Waals surface area contributed by atoms with E-state index in [9.17, 15) is 53.7 Å². The fourth-order valence-electron chi connectivity index (χ4n) is 6.05. The van der Waals surface area contributed by atoms with E-state index in [1.807, 2.05) is 19.2 Å². The highest BCUT2D eigenvalue weighted by molar-refractivity contribution is 5.98. The molecular weight excluding hydrogens is 843 g/mol. The maximum absolute atomic E-state index is 14.1. The first-order valence-corrected chi connectivity index (χ1v) is 20.8. The first kappa shape index (κ1) is 55.4. The number of aromatic amines is 1. The molecule has 0 saturated carbocycles. The molecule has 0 aromatic carbocycles. The van der Waals surface area contributed by atoms with Gasteiger partial charge in [0, 0.05) is 31.4 Å². The lowest BCUT2D eigenvalue weighted by Gasteiger charge is -2.29. The van der Waals surface area contributed by atoms with Crippen LogP contribution in [0.25, 0.3) is 0 Å². The van der Waals surface area contributed by atoms with Gasteiger partial charge in [0.2, 0.25) is 35.4 Å². The van der Waals surface area contributed by atoms with Crippen molar-refractivity contribution in [3.63, 3.8) is 0 Å². The molecule has 20 N–H and O–H groups in total. The molecule has 64 heavy (non-hydrogen) atoms. The van der Waals surface area contributed by atoms with Gasteiger partial charge in [0.15, 0.2) is 18.0 Å². The molecule has 0 saturated heterocycles. The van der Waals surface area contributed by atoms with Crippen molar-refractivity contribution < 1.29 is 53.7 Å². The van der Waals surface area contributed by atoms with Crippen molar-refractivity contribution in [2.24, 2.45) is 50.5 Å². The molecule has 1 rings (SSSR count). The number of aromatic nitrogens is 2. The third-order valence-corrected chi connectivity index (χ3v) is 9.68. The highest BCUT2D eigenvalue weighted by atomic mass is 16.4. The Balaban J connectivity index is 3.56. The van der Waals surface area contributed by atoms with Gasteiger partial charge >= 0.3 is 11.9 Å². The first-order valence-electron chi connectivity index (χ1n) is 20.8. The number of nitrogens with one attached hydrogen (secondary N) is 7. The highest BCUT2D eigenvalue weighted by Crippen LogP contribution is 2.12. The van der Waals surface area contributed by atoms with Gasteiger partial charge in [-0.3, -0.25) is 43.5 Å². The number of carbonyl (C=O) groups is 8. The second-order valence-corrected chi connectivity index (χ2v) is 15.7. The number of aliphatic hydroxyl groups is 1. The lowest BCUT2D eigenvalue weighted by atomic mass is 9.96. The normalized spacial score (nSPS) is 15.2. The average Bonchev–Trinajstić information content (AvgIpc) is 3.72. The Hall–Kier alpha value is -6.57. The summed E-state index contributed by atoms with van der Waals surface area (Å²) in [4.78, 5) is 120. The number of hydrogen-bond acceptors (Lipinski definition) is 13. The number of guanidine groups is 2. The van der Waals surface area contributed by atoms with Gasteiger partial charge in [-0.2, -0.15) is 0 Å². The molecule has 1 aromatic rings. The molecule has 26 heteroatoms. The quantitative estimate of drug-likeness (QED) is 0.0196. The lowest BCUT2D eigenvalue weighted by molar-refractivity contribution is -0.146. The predicted molar refractivity (Wildman–Crippen MR) is 232 cm³/mol. The monoisotopic (exact) mass is 910 g/mol. The van der Waals surface area contributed by atoms with Crippen LogP contribution >= 0.6 is 0 Å². The number of amides is 6. The SMILES string of the molecule is CC[C@H](C)[C@H](NC(=O)[C@H](CCCN=C(N)N)NC(=O)[C@H](CCCN=C(N)N)NC(=O)[C@H](Cc1cnc[nH]1)NC(=O)[C@@H](N)CC(C)C)C(=O)N[C@@H](CC(=O)O)C(=O)N[C@H](C(=O)O)[C@@H](C)O. The maximum Gasteiger partial charge on any atom is 0.328 e. The number of aliphatic hydroxyl groups excluding tert-OH is 1. The summed E-state index contributed by atoms with van der Waals surface area (Å²) in [6, 6.07) is -10.1. The number of carboxylic acids is 2. The summed E-state index contributed by atoms with van der Waals surface area (Å²) in [5.41, 5.74) is 28.5. The standard InChI is InChI=1S/C38H67N15O11/c1-6-19(4)28(35(62)51-26(15-27(55)56)34(61)53-29(20(5)54)36(63)64)52-32(59)24(10-8-12-46-38(42)43)48-31(58)23(9-7-11-45-37(40)41)49-33(60)25(14-21-16-44-17-47-21)50-30(57)22(39)13-18(2)3/h16-20,22-26,28-29,54H,6-15,39H2,1-5H3,(H,44,47)(H,48,58)(H,49,60)(H,50,57)(H,51,62)(H,52,59)(H,53,61)(H,55,56)(H,63,64)(H4,40,41,45)(H4,42,43,46)/t19-,20+,22-,23-,24-,25-,26-,28-,29-/m0/s1. The molecule has 0 radical (unpaired) electrons. The molecule has 0 unspecified atom stereocenters. The number of carbonyl (C=O) groups excluding carboxylic acids is 6. The number of H-pyrrole nitrogens is 1. The summed E-state index contributed by atoms with van der Waals surface area (Å²) >= 11 is 0. The Morgan fingerprint density at radius 3 is 1.59 bits per heavy atom. The zero-order chi connectivity index (χ0) is 48.7. The minimum absolute atomic E-state index is 0.0135. The molecule has 0 aliphatic heterocycles. The molecule has 1 heterocycles. The molecule has 0 fully saturated rings. The van der Waals surface area contributed by atoms with Crippen LogP contribution in [0.4, 0.5) is 0 Å². The van der Waals surface area contributed by atoms with Gasteiger partial charge in [0.1, 0.15) is 30.2 Å². The van der Waals surface area contributed by atoms with Crippen molar-refractivity contribution in [2.45, 2.75) is 134 Å². The van der Waals surface area contributed by atoms with Crippen LogP contribution in [0.2, 0.25) is 0 Å². The second kappa shape index (κ2) is 28.2. The van der Waals surface area contributed by atoms with E-state index in [2.05, 4.69) is 46.5 Å². The molecule has 360 valence electrons. The zero-order valence-corrected chi connectivity index (χ0v) is 36.8. The molecule has 1 aromatic heterocycles. The minimum atomic E-state index is -1.85. The summed E-state index contributed by atoms with van der Waals surface area (Å²) in [5, 5.41) is 43.5. The van der Waals surface area contributed by atoms with Gasteiger partial charge in [-0.15, -0.1) is 0 Å². The number of nitrogens with two attached hydrogens (primary N) is 5. The fourth-order valence-corrected chi connectivity index (χ4v) is 6.05. The van der Waals surface area contributed by atoms with Crippen molar-refractivity contribution in [3.05, 3.63) is 18.2 Å². The predicted octanol–water partition coefficient (Wildman–Crippen LogP) is -4.67. The van der Waals surface area contributed by atoms with Crippen LogP contribution in [-0.2, 0) is 44.8 Å². The van der Waals surface area contributed by atoms with E-state index in [1.165, 1.54) is 12.5 Å². The van der Waals surface area contributed by atoms with E-state index in [-0.39, 0.29) is 69.5 Å². The Morgan fingerprint density at radius 2 is 1.16 bits per heavy atom. The van der Waals surface area contributed by atoms with E-state index >= 15 is 0 Å². The van der Waals surface area contributed by atoms with Crippen LogP contribution in [0.15, 0.2) is 22.5 Å². The zero-order valence-electron chi connectivity index (χ0n) is 36.8. The van der Waals surface area contributed by atoms with E-state index in [0.29, 0.717) is 12.1 Å². The van der Waals surface area contributed by atoms with Crippen molar-refractivity contribution in [3.8, 4) is 0 Å². The smallest absolute Gasteiger partial charge is 0.328 e. The third kappa shape index (κ3) is 21.0. The van der Waals surface area contributed by atoms with Gasteiger partial charge < -0.3 is 80.9 Å². The Labute approximate surface area is 370 Å². The average molecular weight is 910 g/mol. The molecule has 0 spiro atoms. The van der Waals surface area contributed by atoms with Crippen LogP contribution in [-0.4, -0.2) is 146 Å². The lowest BCUT2D eigenvalue weighted by Crippen LogP contribution is -2.61. The Kier molecular flexibility index (Phi) is 24.4. The van der Waals surface area contributed by atoms with Crippen molar-refractivity contribution in [2.75, 3.05) is 13.1 Å². The molecule has 9 atom stereocenters. The Bertz CT molecular complexity index is 1770. The first-order chi connectivity index (χ1) is 30.0. The number of aliphatic carboxylic acids is 2. The van der Waals surface area contributed by atoms with Gasteiger partial charge in [0.25, 0.3) is 0 Å². The van der Waals surface area contributed by atoms with Gasteiger partial charge in [-0.25, -0.2) is 9.78 Å². The summed E-state index contributed by atoms with van der Waals surface area (Å²) in [7, 11) is 0. The topological polar surface area (TPSA) is 453 Å². The van der Waals surface area contributed by atoms with E-state index in [0.717, 1.165) is 6.92 Å². The summed E-state index contributed by atoms with van der Waals surface area (Å²) < 4.78 is 0. The van der Waals surface area contributed by atoms with Crippen molar-refractivity contribution >= 4 is 59.3 Å². The van der Waals surface area contributed by atoms with E-state index < -0.39 is 108 Å². The van der Waals surface area contributed by atoms with E-state index in [1.54, 1.807) is 13.8 Å². The van der Waals surface area contributed by atoms with Gasteiger partial charge in [-0.05, 0) is 50.9 Å². The number of hydrogen-bond donors (Lipinski definition) is 15. The number of imidazole rings is 1. The number of nitrogens with zero attached hydrogens (tertiary/aromatic N) is 3. The molecule has 26 nitrogen and oxygen atoms in total. The summed E-state index contributed by atoms with van der Waals surface area (Å²) in [5.74, 6) is -9.67. The van der Waals surface area contributed by atoms with Crippen LogP contribution in [0.3, 0.4) is 0 Å². The highest BCUT2D eigenvalue weighted by Gasteiger charge is 2.36. The summed E-state index contributed by atoms with van der Waals surface area (Å²) in [6.45, 7) is 8.15. The number of aliphatic imine (C=N–C) groups is 2. The van der Waals surface area contributed by atoms with Crippen molar-refractivity contribution in [1.82, 2.24) is 41.9 Å². The van der Waals surface area contributed by atoms with E-state index in [4.69, 9.17) is 28.7 Å². The van der Waals surface area contributed by atoms with Crippen molar-refractivity contribution in [1.29, 1.82) is 0 Å². The Morgan fingerprint density at radius 1 is 0.688 bits per heavy atom.